The monoisotopic (exact) mass is 375 g/mol. The number of sulfone groups is 1. The second-order valence-electron chi connectivity index (χ2n) is 6.29. The SMILES string of the molecule is CCN(CC)c1nc(F)c2c(c1F)S(=O)(=O)CCN2CC1CCCO1. The van der Waals surface area contributed by atoms with Crippen LogP contribution in [0.3, 0.4) is 0 Å². The van der Waals surface area contributed by atoms with E-state index >= 15 is 4.39 Å². The van der Waals surface area contributed by atoms with Crippen molar-refractivity contribution in [2.24, 2.45) is 0 Å². The summed E-state index contributed by atoms with van der Waals surface area (Å²) in [6, 6.07) is 0. The number of anilines is 2. The average Bonchev–Trinajstić information content (AvgIpc) is 3.07. The lowest BCUT2D eigenvalue weighted by Gasteiger charge is -2.33. The number of nitrogens with zero attached hydrogens (tertiary/aromatic N) is 3. The van der Waals surface area contributed by atoms with Crippen molar-refractivity contribution in [3.8, 4) is 0 Å². The molecule has 0 radical (unpaired) electrons. The van der Waals surface area contributed by atoms with Crippen molar-refractivity contribution in [3.63, 3.8) is 0 Å². The lowest BCUT2D eigenvalue weighted by molar-refractivity contribution is 0.115. The van der Waals surface area contributed by atoms with Crippen LogP contribution in [0.15, 0.2) is 4.90 Å². The highest BCUT2D eigenvalue weighted by Crippen LogP contribution is 2.38. The van der Waals surface area contributed by atoms with Gasteiger partial charge in [-0.25, -0.2) is 12.8 Å². The van der Waals surface area contributed by atoms with E-state index in [-0.39, 0.29) is 29.9 Å². The summed E-state index contributed by atoms with van der Waals surface area (Å²) in [7, 11) is -3.90. The Morgan fingerprint density at radius 1 is 1.32 bits per heavy atom. The first kappa shape index (κ1) is 18.3. The summed E-state index contributed by atoms with van der Waals surface area (Å²) in [5, 5.41) is 0. The molecule has 0 aromatic carbocycles. The molecule has 1 fully saturated rings. The number of hydrogen-bond donors (Lipinski definition) is 0. The maximum absolute atomic E-state index is 15.0. The third-order valence-electron chi connectivity index (χ3n) is 4.78. The molecule has 1 saturated heterocycles. The second kappa shape index (κ2) is 7.03. The molecular weight excluding hydrogens is 352 g/mol. The Morgan fingerprint density at radius 2 is 2.04 bits per heavy atom. The molecule has 0 bridgehead atoms. The van der Waals surface area contributed by atoms with E-state index in [1.54, 1.807) is 18.7 Å². The molecule has 0 saturated carbocycles. The molecule has 2 aliphatic rings. The first-order valence-electron chi connectivity index (χ1n) is 8.62. The number of hydrogen-bond acceptors (Lipinski definition) is 6. The minimum atomic E-state index is -3.90. The summed E-state index contributed by atoms with van der Waals surface area (Å²) < 4.78 is 60.3. The van der Waals surface area contributed by atoms with Crippen LogP contribution in [0.4, 0.5) is 20.3 Å². The van der Waals surface area contributed by atoms with Crippen LogP contribution < -0.4 is 9.80 Å². The Morgan fingerprint density at radius 3 is 2.64 bits per heavy atom. The highest BCUT2D eigenvalue weighted by atomic mass is 32.2. The smallest absolute Gasteiger partial charge is 0.239 e. The van der Waals surface area contributed by atoms with Crippen LogP contribution in [0.25, 0.3) is 0 Å². The van der Waals surface area contributed by atoms with E-state index in [1.165, 1.54) is 4.90 Å². The van der Waals surface area contributed by atoms with Gasteiger partial charge in [-0.2, -0.15) is 9.37 Å². The quantitative estimate of drug-likeness (QED) is 0.734. The summed E-state index contributed by atoms with van der Waals surface area (Å²) in [6.45, 7) is 5.44. The van der Waals surface area contributed by atoms with E-state index < -0.39 is 26.5 Å². The molecule has 1 aromatic rings. The largest absolute Gasteiger partial charge is 0.376 e. The van der Waals surface area contributed by atoms with Crippen LogP contribution in [-0.2, 0) is 14.6 Å². The molecule has 0 aliphatic carbocycles. The van der Waals surface area contributed by atoms with Gasteiger partial charge in [-0.15, -0.1) is 0 Å². The molecule has 140 valence electrons. The third-order valence-corrected chi connectivity index (χ3v) is 6.49. The zero-order chi connectivity index (χ0) is 18.2. The Bertz CT molecular complexity index is 747. The van der Waals surface area contributed by atoms with Crippen LogP contribution >= 0.6 is 0 Å². The number of fused-ring (bicyclic) bond motifs is 1. The molecular formula is C16H23F2N3O3S. The molecule has 3 rings (SSSR count). The fraction of sp³-hybridized carbons (Fsp3) is 0.688. The van der Waals surface area contributed by atoms with Gasteiger partial charge in [-0.1, -0.05) is 0 Å². The van der Waals surface area contributed by atoms with E-state index in [4.69, 9.17) is 4.74 Å². The van der Waals surface area contributed by atoms with Crippen LogP contribution in [0.2, 0.25) is 0 Å². The number of pyridine rings is 1. The predicted octanol–water partition coefficient (Wildman–Crippen LogP) is 1.98. The minimum Gasteiger partial charge on any atom is -0.376 e. The summed E-state index contributed by atoms with van der Waals surface area (Å²) in [5.74, 6) is -2.40. The number of halogens is 2. The normalized spacial score (nSPS) is 22.1. The Labute approximate surface area is 146 Å². The fourth-order valence-corrected chi connectivity index (χ4v) is 4.98. The third kappa shape index (κ3) is 3.31. The second-order valence-corrected chi connectivity index (χ2v) is 8.34. The highest BCUT2D eigenvalue weighted by Gasteiger charge is 2.38. The summed E-state index contributed by atoms with van der Waals surface area (Å²) >= 11 is 0. The van der Waals surface area contributed by atoms with E-state index in [2.05, 4.69) is 4.98 Å². The van der Waals surface area contributed by atoms with Crippen molar-refractivity contribution in [1.82, 2.24) is 4.98 Å². The van der Waals surface area contributed by atoms with Crippen LogP contribution in [0, 0.1) is 11.8 Å². The van der Waals surface area contributed by atoms with Gasteiger partial charge in [0, 0.05) is 32.8 Å². The molecule has 0 N–H and O–H groups in total. The first-order chi connectivity index (χ1) is 11.9. The van der Waals surface area contributed by atoms with E-state index in [0.717, 1.165) is 12.8 Å². The van der Waals surface area contributed by atoms with Gasteiger partial charge in [0.1, 0.15) is 10.6 Å². The van der Waals surface area contributed by atoms with E-state index in [0.29, 0.717) is 26.2 Å². The minimum absolute atomic E-state index is 0.0985. The maximum Gasteiger partial charge on any atom is 0.239 e. The Hall–Kier alpha value is -1.48. The van der Waals surface area contributed by atoms with Gasteiger partial charge in [0.15, 0.2) is 21.5 Å². The predicted molar refractivity (Wildman–Crippen MR) is 91.0 cm³/mol. The molecule has 0 spiro atoms. The Balaban J connectivity index is 2.10. The Kier molecular flexibility index (Phi) is 5.15. The lowest BCUT2D eigenvalue weighted by Crippen LogP contribution is -2.41. The van der Waals surface area contributed by atoms with Gasteiger partial charge < -0.3 is 14.5 Å². The number of ether oxygens (including phenoxy) is 1. The van der Waals surface area contributed by atoms with E-state index in [1.807, 2.05) is 0 Å². The summed E-state index contributed by atoms with van der Waals surface area (Å²) in [6.07, 6.45) is 1.64. The van der Waals surface area contributed by atoms with Gasteiger partial charge >= 0.3 is 0 Å². The van der Waals surface area contributed by atoms with Gasteiger partial charge in [0.25, 0.3) is 0 Å². The van der Waals surface area contributed by atoms with Crippen molar-refractivity contribution < 1.29 is 21.9 Å². The summed E-state index contributed by atoms with van der Waals surface area (Å²) in [4.78, 5) is 6.26. The molecule has 25 heavy (non-hydrogen) atoms. The molecule has 2 aliphatic heterocycles. The highest BCUT2D eigenvalue weighted by molar-refractivity contribution is 7.91. The molecule has 3 heterocycles. The van der Waals surface area contributed by atoms with Crippen molar-refractivity contribution in [2.75, 3.05) is 48.3 Å². The first-order valence-corrected chi connectivity index (χ1v) is 10.3. The van der Waals surface area contributed by atoms with Crippen LogP contribution in [0.1, 0.15) is 26.7 Å². The molecule has 1 aromatic heterocycles. The van der Waals surface area contributed by atoms with E-state index in [9.17, 15) is 12.8 Å². The van der Waals surface area contributed by atoms with Gasteiger partial charge in [0.2, 0.25) is 5.95 Å². The average molecular weight is 375 g/mol. The fourth-order valence-electron chi connectivity index (χ4n) is 3.45. The van der Waals surface area contributed by atoms with Gasteiger partial charge in [-0.3, -0.25) is 0 Å². The lowest BCUT2D eigenvalue weighted by atomic mass is 10.2. The van der Waals surface area contributed by atoms with Crippen molar-refractivity contribution in [1.29, 1.82) is 0 Å². The zero-order valence-corrected chi connectivity index (χ0v) is 15.3. The van der Waals surface area contributed by atoms with Crippen molar-refractivity contribution >= 4 is 21.3 Å². The van der Waals surface area contributed by atoms with Crippen LogP contribution in [0.5, 0.6) is 0 Å². The molecule has 1 atom stereocenters. The van der Waals surface area contributed by atoms with Crippen LogP contribution in [-0.4, -0.2) is 58.0 Å². The standard InChI is InChI=1S/C16H23F2N3O3S/c1-3-20(4-2)16-12(17)14-13(15(18)19-16)21(7-9-25(14,22)23)10-11-6-5-8-24-11/h11H,3-10H2,1-2H3. The van der Waals surface area contributed by atoms with Gasteiger partial charge in [0.05, 0.1) is 11.9 Å². The molecule has 6 nitrogen and oxygen atoms in total. The summed E-state index contributed by atoms with van der Waals surface area (Å²) in [5.41, 5.74) is -0.254. The van der Waals surface area contributed by atoms with Gasteiger partial charge in [-0.05, 0) is 26.7 Å². The molecule has 9 heteroatoms. The number of aromatic nitrogens is 1. The molecule has 1 unspecified atom stereocenters. The van der Waals surface area contributed by atoms with Crippen molar-refractivity contribution in [2.45, 2.75) is 37.7 Å². The maximum atomic E-state index is 15.0. The number of rotatable bonds is 5. The topological polar surface area (TPSA) is 62.7 Å². The zero-order valence-electron chi connectivity index (χ0n) is 14.5. The molecule has 0 amide bonds. The van der Waals surface area contributed by atoms with Crippen molar-refractivity contribution in [3.05, 3.63) is 11.8 Å².